The summed E-state index contributed by atoms with van der Waals surface area (Å²) < 4.78 is 1.79. The van der Waals surface area contributed by atoms with E-state index in [1.54, 1.807) is 16.9 Å². The van der Waals surface area contributed by atoms with Crippen LogP contribution >= 0.6 is 0 Å². The van der Waals surface area contributed by atoms with E-state index in [0.717, 1.165) is 22.5 Å². The fourth-order valence-electron chi connectivity index (χ4n) is 1.76. The van der Waals surface area contributed by atoms with Crippen molar-refractivity contribution in [2.75, 3.05) is 0 Å². The lowest BCUT2D eigenvalue weighted by molar-refractivity contribution is 0.935. The quantitative estimate of drug-likeness (QED) is 0.617. The highest BCUT2D eigenvalue weighted by Crippen LogP contribution is 2.21. The molecule has 0 aromatic carbocycles. The Morgan fingerprint density at radius 3 is 2.94 bits per heavy atom. The zero-order valence-corrected chi connectivity index (χ0v) is 8.83. The van der Waals surface area contributed by atoms with Gasteiger partial charge in [0.15, 0.2) is 5.65 Å². The number of aromatic nitrogens is 4. The molecule has 0 fully saturated rings. The number of hydrogen-bond donors (Lipinski definition) is 0. The van der Waals surface area contributed by atoms with E-state index in [9.17, 15) is 0 Å². The zero-order chi connectivity index (χ0) is 11.0. The lowest BCUT2D eigenvalue weighted by atomic mass is 10.1. The van der Waals surface area contributed by atoms with Crippen LogP contribution in [0.1, 0.15) is 5.69 Å². The molecule has 78 valence electrons. The Kier molecular flexibility index (Phi) is 1.93. The molecule has 3 aromatic heterocycles. The van der Waals surface area contributed by atoms with Crippen molar-refractivity contribution in [1.29, 1.82) is 0 Å². The Morgan fingerprint density at radius 2 is 2.12 bits per heavy atom. The first-order chi connectivity index (χ1) is 7.84. The summed E-state index contributed by atoms with van der Waals surface area (Å²) in [5.74, 6) is 0. The molecule has 4 nitrogen and oxygen atoms in total. The van der Waals surface area contributed by atoms with Gasteiger partial charge in [-0.15, -0.1) is 0 Å². The van der Waals surface area contributed by atoms with Crippen LogP contribution in [0.5, 0.6) is 0 Å². The first-order valence-electron chi connectivity index (χ1n) is 5.06. The minimum absolute atomic E-state index is 0.869. The first-order valence-corrected chi connectivity index (χ1v) is 5.06. The fourth-order valence-corrected chi connectivity index (χ4v) is 1.76. The molecule has 0 N–H and O–H groups in total. The molecule has 0 spiro atoms. The van der Waals surface area contributed by atoms with Crippen molar-refractivity contribution in [3.8, 4) is 11.1 Å². The lowest BCUT2D eigenvalue weighted by Gasteiger charge is -2.01. The maximum Gasteiger partial charge on any atom is 0.161 e. The molecule has 0 unspecified atom stereocenters. The van der Waals surface area contributed by atoms with Gasteiger partial charge in [-0.05, 0) is 19.1 Å². The van der Waals surface area contributed by atoms with E-state index in [-0.39, 0.29) is 0 Å². The molecule has 0 aliphatic carbocycles. The summed E-state index contributed by atoms with van der Waals surface area (Å²) in [5.41, 5.74) is 3.94. The van der Waals surface area contributed by atoms with Gasteiger partial charge in [0, 0.05) is 29.7 Å². The Bertz CT molecular complexity index is 628. The zero-order valence-electron chi connectivity index (χ0n) is 8.83. The van der Waals surface area contributed by atoms with Crippen LogP contribution in [0.25, 0.3) is 16.8 Å². The summed E-state index contributed by atoms with van der Waals surface area (Å²) in [5, 5.41) is 4.22. The van der Waals surface area contributed by atoms with Crippen molar-refractivity contribution in [3.05, 3.63) is 48.7 Å². The average molecular weight is 210 g/mol. The molecular formula is C12H10N4. The van der Waals surface area contributed by atoms with Crippen molar-refractivity contribution in [3.63, 3.8) is 0 Å². The van der Waals surface area contributed by atoms with Gasteiger partial charge in [-0.2, -0.15) is 5.10 Å². The van der Waals surface area contributed by atoms with Crippen LogP contribution in [0.2, 0.25) is 0 Å². The van der Waals surface area contributed by atoms with Crippen molar-refractivity contribution in [1.82, 2.24) is 19.6 Å². The van der Waals surface area contributed by atoms with Crippen LogP contribution in [-0.2, 0) is 0 Å². The van der Waals surface area contributed by atoms with Gasteiger partial charge < -0.3 is 0 Å². The van der Waals surface area contributed by atoms with E-state index in [4.69, 9.17) is 0 Å². The number of imidazole rings is 1. The normalized spacial score (nSPS) is 10.8. The van der Waals surface area contributed by atoms with Crippen molar-refractivity contribution in [2.45, 2.75) is 6.92 Å². The van der Waals surface area contributed by atoms with Gasteiger partial charge in [0.2, 0.25) is 0 Å². The van der Waals surface area contributed by atoms with Crippen molar-refractivity contribution in [2.24, 2.45) is 0 Å². The molecule has 16 heavy (non-hydrogen) atoms. The SMILES string of the molecule is Cc1cn2nccc(-c3cccnc3)c2n1. The van der Waals surface area contributed by atoms with Gasteiger partial charge in [-0.3, -0.25) is 4.98 Å². The number of pyridine rings is 1. The maximum atomic E-state index is 4.46. The summed E-state index contributed by atoms with van der Waals surface area (Å²) in [6.07, 6.45) is 7.28. The summed E-state index contributed by atoms with van der Waals surface area (Å²) in [6.45, 7) is 1.96. The highest BCUT2D eigenvalue weighted by Gasteiger charge is 2.06. The molecule has 0 bridgehead atoms. The van der Waals surface area contributed by atoms with E-state index >= 15 is 0 Å². The third-order valence-electron chi connectivity index (χ3n) is 2.45. The monoisotopic (exact) mass is 210 g/mol. The van der Waals surface area contributed by atoms with Gasteiger partial charge in [-0.1, -0.05) is 6.07 Å². The predicted molar refractivity (Wildman–Crippen MR) is 61.0 cm³/mol. The number of rotatable bonds is 1. The summed E-state index contributed by atoms with van der Waals surface area (Å²) in [4.78, 5) is 8.58. The predicted octanol–water partition coefficient (Wildman–Crippen LogP) is 2.10. The first kappa shape index (κ1) is 9.03. The van der Waals surface area contributed by atoms with Crippen LogP contribution in [0, 0.1) is 6.92 Å². The van der Waals surface area contributed by atoms with Crippen LogP contribution in [0.15, 0.2) is 43.0 Å². The molecule has 0 saturated heterocycles. The number of hydrogen-bond acceptors (Lipinski definition) is 3. The Balaban J connectivity index is 2.31. The van der Waals surface area contributed by atoms with Crippen molar-refractivity contribution < 1.29 is 0 Å². The molecule has 4 heteroatoms. The van der Waals surface area contributed by atoms with Crippen molar-refractivity contribution >= 4 is 5.65 Å². The van der Waals surface area contributed by atoms with Gasteiger partial charge in [0.05, 0.1) is 11.9 Å². The summed E-state index contributed by atoms with van der Waals surface area (Å²) in [6, 6.07) is 5.90. The second-order valence-electron chi connectivity index (χ2n) is 3.64. The number of fused-ring (bicyclic) bond motifs is 1. The average Bonchev–Trinajstić information content (AvgIpc) is 2.70. The van der Waals surface area contributed by atoms with E-state index in [1.165, 1.54) is 0 Å². The highest BCUT2D eigenvalue weighted by molar-refractivity contribution is 5.76. The molecule has 0 amide bonds. The van der Waals surface area contributed by atoms with Gasteiger partial charge in [0.1, 0.15) is 0 Å². The Labute approximate surface area is 92.6 Å². The molecule has 3 rings (SSSR count). The molecule has 0 aliphatic rings. The van der Waals surface area contributed by atoms with E-state index < -0.39 is 0 Å². The number of aryl methyl sites for hydroxylation is 1. The standard InChI is InChI=1S/C12H10N4/c1-9-8-16-12(15-9)11(4-6-14-16)10-3-2-5-13-7-10/h2-8H,1H3. The van der Waals surface area contributed by atoms with Gasteiger partial charge in [0.25, 0.3) is 0 Å². The molecule has 0 radical (unpaired) electrons. The molecule has 3 heterocycles. The Morgan fingerprint density at radius 1 is 1.19 bits per heavy atom. The molecule has 0 saturated carbocycles. The van der Waals surface area contributed by atoms with Crippen LogP contribution in [0.4, 0.5) is 0 Å². The second kappa shape index (κ2) is 3.41. The summed E-state index contributed by atoms with van der Waals surface area (Å²) in [7, 11) is 0. The molecular weight excluding hydrogens is 200 g/mol. The lowest BCUT2D eigenvalue weighted by Crippen LogP contribution is -1.91. The number of nitrogens with zero attached hydrogens (tertiary/aromatic N) is 4. The van der Waals surface area contributed by atoms with E-state index in [2.05, 4.69) is 15.1 Å². The van der Waals surface area contributed by atoms with Gasteiger partial charge >= 0.3 is 0 Å². The smallest absolute Gasteiger partial charge is 0.161 e. The Hall–Kier alpha value is -2.23. The third-order valence-corrected chi connectivity index (χ3v) is 2.45. The highest BCUT2D eigenvalue weighted by atomic mass is 15.2. The van der Waals surface area contributed by atoms with E-state index in [1.807, 2.05) is 37.5 Å². The second-order valence-corrected chi connectivity index (χ2v) is 3.64. The molecule has 0 aliphatic heterocycles. The topological polar surface area (TPSA) is 43.1 Å². The largest absolute Gasteiger partial charge is 0.264 e. The van der Waals surface area contributed by atoms with Gasteiger partial charge in [-0.25, -0.2) is 9.50 Å². The molecule has 3 aromatic rings. The fraction of sp³-hybridized carbons (Fsp3) is 0.0833. The van der Waals surface area contributed by atoms with Crippen LogP contribution in [0.3, 0.4) is 0 Å². The minimum Gasteiger partial charge on any atom is -0.264 e. The van der Waals surface area contributed by atoms with Crippen LogP contribution in [-0.4, -0.2) is 19.6 Å². The summed E-state index contributed by atoms with van der Waals surface area (Å²) >= 11 is 0. The maximum absolute atomic E-state index is 4.46. The molecule has 0 atom stereocenters. The van der Waals surface area contributed by atoms with Crippen LogP contribution < -0.4 is 0 Å². The minimum atomic E-state index is 0.869. The van der Waals surface area contributed by atoms with E-state index in [0.29, 0.717) is 0 Å². The third kappa shape index (κ3) is 1.35.